The summed E-state index contributed by atoms with van der Waals surface area (Å²) in [6, 6.07) is 6.67. The number of oxime groups is 1. The number of piperazine rings is 1. The van der Waals surface area contributed by atoms with Crippen molar-refractivity contribution >= 4 is 38.3 Å². The van der Waals surface area contributed by atoms with Crippen molar-refractivity contribution < 1.29 is 9.94 Å². The summed E-state index contributed by atoms with van der Waals surface area (Å²) < 4.78 is 4.45. The van der Waals surface area contributed by atoms with Crippen LogP contribution in [0.2, 0.25) is 0 Å². The van der Waals surface area contributed by atoms with E-state index in [2.05, 4.69) is 56.0 Å². The van der Waals surface area contributed by atoms with Crippen LogP contribution in [0, 0.1) is 0 Å². The number of aryl methyl sites for hydroxylation is 4. The van der Waals surface area contributed by atoms with Gasteiger partial charge in [0.15, 0.2) is 5.88 Å². The molecule has 0 bridgehead atoms. The van der Waals surface area contributed by atoms with Gasteiger partial charge < -0.3 is 29.3 Å². The lowest BCUT2D eigenvalue weighted by atomic mass is 9.85. The molecule has 2 N–H and O–H groups in total. The zero-order valence-electron chi connectivity index (χ0n) is 26.3. The average molecular weight is 582 g/mol. The summed E-state index contributed by atoms with van der Waals surface area (Å²) in [6.45, 7) is 14.6. The van der Waals surface area contributed by atoms with Crippen LogP contribution in [0.1, 0.15) is 50.9 Å². The zero-order chi connectivity index (χ0) is 30.0. The Labute approximate surface area is 252 Å². The summed E-state index contributed by atoms with van der Waals surface area (Å²) in [5.41, 5.74) is 8.67. The quantitative estimate of drug-likeness (QED) is 0.200. The second-order valence-corrected chi connectivity index (χ2v) is 13.4. The van der Waals surface area contributed by atoms with Gasteiger partial charge in [0.1, 0.15) is 5.60 Å². The van der Waals surface area contributed by atoms with Gasteiger partial charge >= 0.3 is 0 Å². The molecule has 0 saturated carbocycles. The van der Waals surface area contributed by atoms with Gasteiger partial charge in [-0.25, -0.2) is 0 Å². The second kappa shape index (κ2) is 10.4. The first kappa shape index (κ1) is 28.0. The number of aromatic hydroxyl groups is 1. The lowest BCUT2D eigenvalue weighted by Gasteiger charge is -2.32. The number of aromatic amines is 1. The van der Waals surface area contributed by atoms with Gasteiger partial charge in [0.05, 0.1) is 22.3 Å². The van der Waals surface area contributed by atoms with Gasteiger partial charge in [0, 0.05) is 85.0 Å². The number of hydrogen-bond acceptors (Lipinski definition) is 6. The Balaban J connectivity index is 1.43. The highest BCUT2D eigenvalue weighted by atomic mass is 16.6. The molecule has 7 rings (SSSR count). The number of fused-ring (bicyclic) bond motifs is 10. The van der Waals surface area contributed by atoms with Crippen molar-refractivity contribution in [1.29, 1.82) is 0 Å². The Kier molecular flexibility index (Phi) is 6.78. The SMILES string of the molecule is CC(=NOC(C)(C)C)c1ccc2c(c1)c1c3c[nH]c(O)c3c3c(c1n2CCCN1CCN(C)CC1)CCc1nn(C)cc1-3. The molecule has 9 nitrogen and oxygen atoms in total. The van der Waals surface area contributed by atoms with Crippen molar-refractivity contribution in [1.82, 2.24) is 29.1 Å². The Hall–Kier alpha value is -3.82. The van der Waals surface area contributed by atoms with Crippen LogP contribution in [0.15, 0.2) is 35.7 Å². The van der Waals surface area contributed by atoms with Gasteiger partial charge in [-0.15, -0.1) is 0 Å². The fraction of sp³-hybridized carbons (Fsp3) is 0.471. The summed E-state index contributed by atoms with van der Waals surface area (Å²) in [7, 11) is 4.19. The summed E-state index contributed by atoms with van der Waals surface area (Å²) in [6.07, 6.45) is 6.94. The molecule has 0 spiro atoms. The Morgan fingerprint density at radius 3 is 2.60 bits per heavy atom. The van der Waals surface area contributed by atoms with Gasteiger partial charge in [0.2, 0.25) is 0 Å². The maximum Gasteiger partial charge on any atom is 0.197 e. The predicted molar refractivity (Wildman–Crippen MR) is 174 cm³/mol. The number of H-pyrrole nitrogens is 1. The monoisotopic (exact) mass is 581 g/mol. The molecule has 0 amide bonds. The molecule has 5 aromatic rings. The largest absolute Gasteiger partial charge is 0.494 e. The highest BCUT2D eigenvalue weighted by Crippen LogP contribution is 2.49. The van der Waals surface area contributed by atoms with Gasteiger partial charge in [-0.05, 0) is 83.8 Å². The molecular weight excluding hydrogens is 538 g/mol. The zero-order valence-corrected chi connectivity index (χ0v) is 26.3. The third kappa shape index (κ3) is 4.88. The smallest absolute Gasteiger partial charge is 0.197 e. The minimum absolute atomic E-state index is 0.216. The minimum atomic E-state index is -0.357. The lowest BCUT2D eigenvalue weighted by molar-refractivity contribution is 0.000955. The van der Waals surface area contributed by atoms with E-state index in [1.54, 1.807) is 0 Å². The molecule has 226 valence electrons. The van der Waals surface area contributed by atoms with E-state index >= 15 is 0 Å². The van der Waals surface area contributed by atoms with Crippen molar-refractivity contribution in [2.45, 2.75) is 59.1 Å². The molecule has 0 atom stereocenters. The summed E-state index contributed by atoms with van der Waals surface area (Å²) in [4.78, 5) is 13.9. The molecule has 1 aliphatic heterocycles. The molecule has 9 heteroatoms. The number of nitrogens with one attached hydrogen (secondary N) is 1. The third-order valence-corrected chi connectivity index (χ3v) is 9.14. The van der Waals surface area contributed by atoms with E-state index in [-0.39, 0.29) is 11.5 Å². The maximum absolute atomic E-state index is 11.2. The van der Waals surface area contributed by atoms with Crippen LogP contribution in [0.3, 0.4) is 0 Å². The molecule has 43 heavy (non-hydrogen) atoms. The fourth-order valence-corrected chi connectivity index (χ4v) is 7.02. The number of rotatable bonds is 6. The first-order valence-corrected chi connectivity index (χ1v) is 15.6. The van der Waals surface area contributed by atoms with Crippen molar-refractivity contribution in [3.05, 3.63) is 47.4 Å². The minimum Gasteiger partial charge on any atom is -0.494 e. The van der Waals surface area contributed by atoms with E-state index in [0.717, 1.165) is 97.4 Å². The summed E-state index contributed by atoms with van der Waals surface area (Å²) >= 11 is 0. The van der Waals surface area contributed by atoms with Crippen LogP contribution < -0.4 is 0 Å². The standard InChI is InChI=1S/C34H43N7O2/c1-21(37-43-34(2,3)4)22-8-11-28-24(18-22)30-25-19-35-33(42)31(25)29-23(9-10-27-26(29)20-39(6)36-27)32(30)41(28)13-7-12-40-16-14-38(5)15-17-40/h8,11,18-20,35,42H,7,9-10,12-17H2,1-6H3. The number of nitrogens with zero attached hydrogens (tertiary/aromatic N) is 6. The molecule has 0 radical (unpaired) electrons. The topological polar surface area (TPSA) is 86.8 Å². The molecule has 3 aromatic heterocycles. The van der Waals surface area contributed by atoms with Crippen molar-refractivity contribution in [3.8, 4) is 17.0 Å². The molecule has 4 heterocycles. The van der Waals surface area contributed by atoms with Crippen LogP contribution in [0.4, 0.5) is 0 Å². The van der Waals surface area contributed by atoms with Crippen LogP contribution in [0.25, 0.3) is 43.7 Å². The number of benzene rings is 2. The predicted octanol–water partition coefficient (Wildman–Crippen LogP) is 5.66. The van der Waals surface area contributed by atoms with E-state index in [0.29, 0.717) is 0 Å². The molecular formula is C34H43N7O2. The molecule has 1 saturated heterocycles. The number of aromatic nitrogens is 4. The molecule has 2 aliphatic rings. The fourth-order valence-electron chi connectivity index (χ4n) is 7.02. The summed E-state index contributed by atoms with van der Waals surface area (Å²) in [5.74, 6) is 0.216. The van der Waals surface area contributed by atoms with Gasteiger partial charge in [-0.1, -0.05) is 11.2 Å². The van der Waals surface area contributed by atoms with E-state index in [1.807, 2.05) is 45.6 Å². The second-order valence-electron chi connectivity index (χ2n) is 13.4. The van der Waals surface area contributed by atoms with Crippen LogP contribution >= 0.6 is 0 Å². The summed E-state index contributed by atoms with van der Waals surface area (Å²) in [5, 5.41) is 24.8. The Morgan fingerprint density at radius 1 is 1.05 bits per heavy atom. The normalized spacial score (nSPS) is 16.8. The third-order valence-electron chi connectivity index (χ3n) is 9.14. The van der Waals surface area contributed by atoms with E-state index < -0.39 is 0 Å². The van der Waals surface area contributed by atoms with Crippen LogP contribution in [-0.2, 0) is 31.3 Å². The highest BCUT2D eigenvalue weighted by Gasteiger charge is 2.30. The molecule has 0 unspecified atom stereocenters. The highest BCUT2D eigenvalue weighted by molar-refractivity contribution is 6.27. The Bertz CT molecular complexity index is 1880. The number of hydrogen-bond donors (Lipinski definition) is 2. The lowest BCUT2D eigenvalue weighted by Crippen LogP contribution is -2.44. The van der Waals surface area contributed by atoms with Gasteiger partial charge in [0.25, 0.3) is 0 Å². The Morgan fingerprint density at radius 2 is 1.84 bits per heavy atom. The van der Waals surface area contributed by atoms with Crippen molar-refractivity contribution in [2.75, 3.05) is 39.8 Å². The van der Waals surface area contributed by atoms with Crippen molar-refractivity contribution in [3.63, 3.8) is 0 Å². The van der Waals surface area contributed by atoms with Crippen LogP contribution in [0.5, 0.6) is 5.88 Å². The first-order valence-electron chi connectivity index (χ1n) is 15.6. The van der Waals surface area contributed by atoms with Gasteiger partial charge in [-0.3, -0.25) is 4.68 Å². The molecule has 2 aromatic carbocycles. The molecule has 1 aliphatic carbocycles. The maximum atomic E-state index is 11.2. The van der Waals surface area contributed by atoms with E-state index in [1.165, 1.54) is 27.4 Å². The van der Waals surface area contributed by atoms with Gasteiger partial charge in [-0.2, -0.15) is 5.10 Å². The first-order chi connectivity index (χ1) is 20.6. The van der Waals surface area contributed by atoms with E-state index in [4.69, 9.17) is 9.94 Å². The van der Waals surface area contributed by atoms with Crippen molar-refractivity contribution in [2.24, 2.45) is 12.2 Å². The van der Waals surface area contributed by atoms with E-state index in [9.17, 15) is 5.11 Å². The van der Waals surface area contributed by atoms with Crippen LogP contribution in [-0.4, -0.2) is 85.3 Å². The number of likely N-dealkylation sites (N-methyl/N-ethyl adjacent to an activating group) is 1. The average Bonchev–Trinajstić information content (AvgIpc) is 3.64. The molecule has 1 fully saturated rings.